The van der Waals surface area contributed by atoms with Crippen LogP contribution in [0.5, 0.6) is 0 Å². The Morgan fingerprint density at radius 2 is 1.97 bits per heavy atom. The van der Waals surface area contributed by atoms with Gasteiger partial charge in [-0.25, -0.2) is 13.4 Å². The second kappa shape index (κ2) is 9.13. The van der Waals surface area contributed by atoms with E-state index >= 15 is 0 Å². The molecular weight excluding hydrogens is 434 g/mol. The van der Waals surface area contributed by atoms with Crippen LogP contribution in [0.3, 0.4) is 0 Å². The standard InChI is InChI=1S/C19H22ClN3O6S/c1-29-18(25)11-22(10-13-2-4-14(20)5-3-13)19(26)16-6-7-17(24)23(21-16)15-8-9-30(27,28)12-15/h2-5,15H,6-12H2,1H3. The SMILES string of the molecule is COC(=O)CN(Cc1ccc(Cl)cc1)C(=O)C1=NN(C2CCS(=O)(=O)C2)C(=O)CC1. The molecule has 0 saturated carbocycles. The van der Waals surface area contributed by atoms with E-state index < -0.39 is 27.8 Å². The number of esters is 1. The Labute approximate surface area is 179 Å². The number of carbonyl (C=O) groups is 3. The summed E-state index contributed by atoms with van der Waals surface area (Å²) in [7, 11) is -1.99. The molecule has 0 radical (unpaired) electrons. The number of hydrogen-bond donors (Lipinski definition) is 0. The van der Waals surface area contributed by atoms with Gasteiger partial charge in [0.15, 0.2) is 9.84 Å². The molecular formula is C19H22ClN3O6S. The number of amides is 2. The summed E-state index contributed by atoms with van der Waals surface area (Å²) in [5, 5.41) is 5.86. The van der Waals surface area contributed by atoms with Gasteiger partial charge < -0.3 is 9.64 Å². The van der Waals surface area contributed by atoms with Gasteiger partial charge in [0.1, 0.15) is 12.3 Å². The van der Waals surface area contributed by atoms with E-state index in [1.54, 1.807) is 24.3 Å². The van der Waals surface area contributed by atoms with Crippen molar-refractivity contribution in [2.45, 2.75) is 31.8 Å². The smallest absolute Gasteiger partial charge is 0.325 e. The van der Waals surface area contributed by atoms with Crippen molar-refractivity contribution in [1.29, 1.82) is 0 Å². The normalized spacial score (nSPS) is 20.6. The molecule has 0 aliphatic carbocycles. The number of rotatable bonds is 6. The molecule has 2 amide bonds. The number of hydrogen-bond acceptors (Lipinski definition) is 7. The van der Waals surface area contributed by atoms with Gasteiger partial charge in [0, 0.05) is 24.4 Å². The van der Waals surface area contributed by atoms with Crippen LogP contribution in [-0.4, -0.2) is 73.0 Å². The van der Waals surface area contributed by atoms with Gasteiger partial charge in [-0.3, -0.25) is 14.4 Å². The number of halogens is 1. The maximum absolute atomic E-state index is 13.1. The predicted octanol–water partition coefficient (Wildman–Crippen LogP) is 1.01. The molecule has 2 aliphatic heterocycles. The Morgan fingerprint density at radius 3 is 2.57 bits per heavy atom. The summed E-state index contributed by atoms with van der Waals surface area (Å²) in [6, 6.07) is 6.26. The lowest BCUT2D eigenvalue weighted by atomic mass is 10.1. The van der Waals surface area contributed by atoms with Gasteiger partial charge in [-0.1, -0.05) is 23.7 Å². The summed E-state index contributed by atoms with van der Waals surface area (Å²) in [6.07, 6.45) is 0.454. The lowest BCUT2D eigenvalue weighted by Crippen LogP contribution is -2.46. The van der Waals surface area contributed by atoms with Crippen LogP contribution < -0.4 is 0 Å². The fraction of sp³-hybridized carbons (Fsp3) is 0.474. The minimum atomic E-state index is -3.22. The van der Waals surface area contributed by atoms with E-state index in [1.165, 1.54) is 12.0 Å². The third-order valence-electron chi connectivity index (χ3n) is 4.98. The van der Waals surface area contributed by atoms with Crippen LogP contribution in [0.15, 0.2) is 29.4 Å². The second-order valence-electron chi connectivity index (χ2n) is 7.21. The first-order chi connectivity index (χ1) is 14.2. The average Bonchev–Trinajstić information content (AvgIpc) is 3.08. The van der Waals surface area contributed by atoms with Gasteiger partial charge in [0.05, 0.1) is 24.7 Å². The molecule has 1 saturated heterocycles. The maximum Gasteiger partial charge on any atom is 0.325 e. The molecule has 0 spiro atoms. The molecule has 9 nitrogen and oxygen atoms in total. The zero-order chi connectivity index (χ0) is 21.9. The largest absolute Gasteiger partial charge is 0.468 e. The van der Waals surface area contributed by atoms with Crippen LogP contribution in [0.2, 0.25) is 5.02 Å². The molecule has 0 aromatic heterocycles. The van der Waals surface area contributed by atoms with Crippen molar-refractivity contribution >= 4 is 44.9 Å². The maximum atomic E-state index is 13.1. The minimum Gasteiger partial charge on any atom is -0.468 e. The number of ether oxygens (including phenoxy) is 1. The van der Waals surface area contributed by atoms with Gasteiger partial charge in [0.2, 0.25) is 5.91 Å². The summed E-state index contributed by atoms with van der Waals surface area (Å²) in [5.74, 6) is -1.59. The summed E-state index contributed by atoms with van der Waals surface area (Å²) in [4.78, 5) is 38.5. The van der Waals surface area contributed by atoms with Crippen LogP contribution in [0.1, 0.15) is 24.8 Å². The number of carbonyl (C=O) groups excluding carboxylic acids is 3. The molecule has 1 aromatic rings. The molecule has 1 aromatic carbocycles. The monoisotopic (exact) mass is 455 g/mol. The van der Waals surface area contributed by atoms with E-state index in [-0.39, 0.29) is 55.5 Å². The minimum absolute atomic E-state index is 0.00865. The van der Waals surface area contributed by atoms with Crippen LogP contribution in [0, 0.1) is 0 Å². The third-order valence-corrected chi connectivity index (χ3v) is 6.98. The highest BCUT2D eigenvalue weighted by Crippen LogP contribution is 2.23. The van der Waals surface area contributed by atoms with Gasteiger partial charge in [0.25, 0.3) is 5.91 Å². The van der Waals surface area contributed by atoms with E-state index in [2.05, 4.69) is 5.10 Å². The first-order valence-corrected chi connectivity index (χ1v) is 11.6. The highest BCUT2D eigenvalue weighted by molar-refractivity contribution is 7.91. The van der Waals surface area contributed by atoms with E-state index in [4.69, 9.17) is 16.3 Å². The number of sulfone groups is 1. The summed E-state index contributed by atoms with van der Waals surface area (Å²) in [5.41, 5.74) is 0.861. The summed E-state index contributed by atoms with van der Waals surface area (Å²) >= 11 is 5.90. The molecule has 1 fully saturated rings. The topological polar surface area (TPSA) is 113 Å². The third kappa shape index (κ3) is 5.37. The van der Waals surface area contributed by atoms with Crippen molar-refractivity contribution in [3.63, 3.8) is 0 Å². The number of nitrogens with zero attached hydrogens (tertiary/aromatic N) is 3. The van der Waals surface area contributed by atoms with Crippen molar-refractivity contribution in [1.82, 2.24) is 9.91 Å². The first kappa shape index (κ1) is 22.2. The molecule has 2 heterocycles. The quantitative estimate of drug-likeness (QED) is 0.591. The van der Waals surface area contributed by atoms with E-state index in [1.807, 2.05) is 0 Å². The highest BCUT2D eigenvalue weighted by Gasteiger charge is 2.38. The molecule has 2 aliphatic rings. The second-order valence-corrected chi connectivity index (χ2v) is 9.87. The van der Waals surface area contributed by atoms with Crippen molar-refractivity contribution in [3.8, 4) is 0 Å². The van der Waals surface area contributed by atoms with Crippen LogP contribution in [0.4, 0.5) is 0 Å². The molecule has 30 heavy (non-hydrogen) atoms. The van der Waals surface area contributed by atoms with E-state index in [0.717, 1.165) is 10.6 Å². The highest BCUT2D eigenvalue weighted by atomic mass is 35.5. The summed E-state index contributed by atoms with van der Waals surface area (Å²) in [6.45, 7) is -0.168. The van der Waals surface area contributed by atoms with E-state index in [9.17, 15) is 22.8 Å². The first-order valence-electron chi connectivity index (χ1n) is 9.39. The molecule has 162 valence electrons. The predicted molar refractivity (Wildman–Crippen MR) is 109 cm³/mol. The van der Waals surface area contributed by atoms with Crippen molar-refractivity contribution in [2.24, 2.45) is 5.10 Å². The van der Waals surface area contributed by atoms with Crippen LogP contribution in [0.25, 0.3) is 0 Å². The number of hydrazone groups is 1. The van der Waals surface area contributed by atoms with Crippen LogP contribution in [-0.2, 0) is 35.5 Å². The Kier molecular flexibility index (Phi) is 6.77. The van der Waals surface area contributed by atoms with Gasteiger partial charge >= 0.3 is 5.97 Å². The van der Waals surface area contributed by atoms with Gasteiger partial charge in [-0.15, -0.1) is 0 Å². The molecule has 1 atom stereocenters. The van der Waals surface area contributed by atoms with Crippen molar-refractivity contribution in [2.75, 3.05) is 25.2 Å². The lowest BCUT2D eigenvalue weighted by molar-refractivity contribution is -0.145. The molecule has 11 heteroatoms. The average molecular weight is 456 g/mol. The number of benzene rings is 1. The zero-order valence-corrected chi connectivity index (χ0v) is 18.0. The molecule has 3 rings (SSSR count). The fourth-order valence-electron chi connectivity index (χ4n) is 3.39. The van der Waals surface area contributed by atoms with Crippen LogP contribution >= 0.6 is 11.6 Å². The fourth-order valence-corrected chi connectivity index (χ4v) is 5.21. The Hall–Kier alpha value is -2.46. The Morgan fingerprint density at radius 1 is 1.27 bits per heavy atom. The Balaban J connectivity index is 1.82. The molecule has 0 N–H and O–H groups in total. The Bertz CT molecular complexity index is 976. The zero-order valence-electron chi connectivity index (χ0n) is 16.4. The summed E-state index contributed by atoms with van der Waals surface area (Å²) < 4.78 is 28.2. The van der Waals surface area contributed by atoms with Gasteiger partial charge in [-0.2, -0.15) is 5.10 Å². The van der Waals surface area contributed by atoms with Crippen molar-refractivity contribution < 1.29 is 27.5 Å². The molecule has 0 bridgehead atoms. The van der Waals surface area contributed by atoms with Crippen molar-refractivity contribution in [3.05, 3.63) is 34.9 Å². The molecule has 1 unspecified atom stereocenters. The van der Waals surface area contributed by atoms with Gasteiger partial charge in [-0.05, 0) is 24.1 Å². The lowest BCUT2D eigenvalue weighted by Gasteiger charge is -2.29. The van der Waals surface area contributed by atoms with E-state index in [0.29, 0.717) is 5.02 Å². The number of methoxy groups -OCH3 is 1.